The van der Waals surface area contributed by atoms with Crippen molar-refractivity contribution in [3.63, 3.8) is 0 Å². The number of nitrogens with one attached hydrogen (secondary N) is 1. The molecule has 0 unspecified atom stereocenters. The van der Waals surface area contributed by atoms with E-state index < -0.39 is 6.04 Å². The van der Waals surface area contributed by atoms with Crippen molar-refractivity contribution in [3.8, 4) is 0 Å². The molecule has 2 fully saturated rings. The maximum Gasteiger partial charge on any atom is 0.249 e. The first-order chi connectivity index (χ1) is 12.0. The van der Waals surface area contributed by atoms with Crippen LogP contribution >= 0.6 is 11.8 Å². The van der Waals surface area contributed by atoms with E-state index in [2.05, 4.69) is 10.4 Å². The van der Waals surface area contributed by atoms with Gasteiger partial charge in [0, 0.05) is 24.4 Å². The monoisotopic (exact) mass is 356 g/mol. The van der Waals surface area contributed by atoms with Crippen molar-refractivity contribution in [2.45, 2.75) is 37.2 Å². The van der Waals surface area contributed by atoms with Crippen molar-refractivity contribution in [1.82, 2.24) is 14.7 Å². The summed E-state index contributed by atoms with van der Waals surface area (Å²) in [6.07, 6.45) is 3.18. The standard InChI is InChI=1S/C18H20N4O2S/c1-18-9-7-16(23)22(18)14(12-25-18)17(24)19-15-8-10-21(20-15)11-13-5-3-2-4-6-13/h2-6,8,10,14H,7,9,11-12H2,1H3,(H,19,20,24)/t14-,18-/m0/s1. The molecule has 2 saturated heterocycles. The van der Waals surface area contributed by atoms with Crippen molar-refractivity contribution in [1.29, 1.82) is 0 Å². The minimum atomic E-state index is -0.413. The molecular formula is C18H20N4O2S. The number of anilines is 1. The first kappa shape index (κ1) is 16.2. The maximum absolute atomic E-state index is 12.6. The second-order valence-electron chi connectivity index (χ2n) is 6.64. The van der Waals surface area contributed by atoms with E-state index in [0.717, 1.165) is 12.0 Å². The molecule has 2 amide bonds. The van der Waals surface area contributed by atoms with Crippen molar-refractivity contribution in [2.24, 2.45) is 0 Å². The average Bonchev–Trinajstić information content (AvgIpc) is 3.25. The van der Waals surface area contributed by atoms with Crippen LogP contribution in [0.25, 0.3) is 0 Å². The third-order valence-electron chi connectivity index (χ3n) is 4.83. The number of carbonyl (C=O) groups excluding carboxylic acids is 2. The summed E-state index contributed by atoms with van der Waals surface area (Å²) in [5.41, 5.74) is 1.15. The van der Waals surface area contributed by atoms with E-state index in [-0.39, 0.29) is 16.7 Å². The Hall–Kier alpha value is -2.28. The molecule has 0 spiro atoms. The summed E-state index contributed by atoms with van der Waals surface area (Å²) < 4.78 is 1.79. The Morgan fingerprint density at radius 2 is 2.16 bits per heavy atom. The molecule has 7 heteroatoms. The number of rotatable bonds is 4. The lowest BCUT2D eigenvalue weighted by molar-refractivity contribution is -0.135. The molecule has 3 heterocycles. The van der Waals surface area contributed by atoms with E-state index >= 15 is 0 Å². The molecule has 0 bridgehead atoms. The van der Waals surface area contributed by atoms with Crippen LogP contribution in [0.2, 0.25) is 0 Å². The minimum absolute atomic E-state index is 0.0715. The summed E-state index contributed by atoms with van der Waals surface area (Å²) in [5, 5.41) is 7.28. The number of hydrogen-bond donors (Lipinski definition) is 1. The molecule has 0 aliphatic carbocycles. The van der Waals surface area contributed by atoms with Gasteiger partial charge in [0.25, 0.3) is 0 Å². The van der Waals surface area contributed by atoms with Crippen LogP contribution < -0.4 is 5.32 Å². The summed E-state index contributed by atoms with van der Waals surface area (Å²) in [7, 11) is 0. The number of aromatic nitrogens is 2. The normalized spacial score (nSPS) is 25.2. The fraction of sp³-hybridized carbons (Fsp3) is 0.389. The third-order valence-corrected chi connectivity index (χ3v) is 6.33. The molecule has 2 aliphatic heterocycles. The van der Waals surface area contributed by atoms with Gasteiger partial charge in [0.1, 0.15) is 6.04 Å². The van der Waals surface area contributed by atoms with E-state index in [9.17, 15) is 9.59 Å². The topological polar surface area (TPSA) is 67.2 Å². The molecule has 2 aliphatic rings. The quantitative estimate of drug-likeness (QED) is 0.913. The molecule has 0 saturated carbocycles. The first-order valence-electron chi connectivity index (χ1n) is 8.39. The first-order valence-corrected chi connectivity index (χ1v) is 9.38. The SMILES string of the molecule is C[C@]12CCC(=O)N1[C@H](C(=O)Nc1ccn(Cc3ccccc3)n1)CS2. The van der Waals surface area contributed by atoms with Gasteiger partial charge in [-0.2, -0.15) is 5.10 Å². The van der Waals surface area contributed by atoms with Crippen LogP contribution in [-0.2, 0) is 16.1 Å². The highest BCUT2D eigenvalue weighted by atomic mass is 32.2. The number of carbonyl (C=O) groups is 2. The number of amides is 2. The molecule has 1 aromatic carbocycles. The zero-order chi connectivity index (χ0) is 17.4. The summed E-state index contributed by atoms with van der Waals surface area (Å²) >= 11 is 1.69. The highest BCUT2D eigenvalue weighted by Gasteiger charge is 2.52. The second-order valence-corrected chi connectivity index (χ2v) is 8.14. The number of nitrogens with zero attached hydrogens (tertiary/aromatic N) is 3. The summed E-state index contributed by atoms with van der Waals surface area (Å²) in [6, 6.07) is 11.4. The summed E-state index contributed by atoms with van der Waals surface area (Å²) in [6.45, 7) is 2.70. The third kappa shape index (κ3) is 3.04. The highest BCUT2D eigenvalue weighted by Crippen LogP contribution is 2.47. The average molecular weight is 356 g/mol. The Kier molecular flexibility index (Phi) is 4.03. The predicted molar refractivity (Wildman–Crippen MR) is 97.1 cm³/mol. The minimum Gasteiger partial charge on any atom is -0.315 e. The van der Waals surface area contributed by atoms with Gasteiger partial charge in [0.05, 0.1) is 11.4 Å². The zero-order valence-electron chi connectivity index (χ0n) is 14.0. The van der Waals surface area contributed by atoms with Crippen molar-refractivity contribution < 1.29 is 9.59 Å². The van der Waals surface area contributed by atoms with Crippen LogP contribution in [0.1, 0.15) is 25.3 Å². The maximum atomic E-state index is 12.6. The van der Waals surface area contributed by atoms with Gasteiger partial charge in [-0.15, -0.1) is 11.8 Å². The molecule has 1 N–H and O–H groups in total. The van der Waals surface area contributed by atoms with Crippen LogP contribution in [0.4, 0.5) is 5.82 Å². The van der Waals surface area contributed by atoms with E-state index in [4.69, 9.17) is 0 Å². The molecule has 25 heavy (non-hydrogen) atoms. The predicted octanol–water partition coefficient (Wildman–Crippen LogP) is 2.32. The van der Waals surface area contributed by atoms with Gasteiger partial charge in [0.15, 0.2) is 5.82 Å². The van der Waals surface area contributed by atoms with Crippen molar-refractivity contribution >= 4 is 29.4 Å². The van der Waals surface area contributed by atoms with E-state index in [1.807, 2.05) is 43.5 Å². The Balaban J connectivity index is 1.43. The van der Waals surface area contributed by atoms with Gasteiger partial charge in [-0.3, -0.25) is 14.3 Å². The van der Waals surface area contributed by atoms with Crippen LogP contribution in [-0.4, -0.2) is 43.2 Å². The van der Waals surface area contributed by atoms with Gasteiger partial charge in [-0.1, -0.05) is 30.3 Å². The highest BCUT2D eigenvalue weighted by molar-refractivity contribution is 8.01. The molecule has 1 aromatic heterocycles. The van der Waals surface area contributed by atoms with Gasteiger partial charge in [-0.05, 0) is 18.9 Å². The molecule has 4 rings (SSSR count). The van der Waals surface area contributed by atoms with Crippen LogP contribution in [0.5, 0.6) is 0 Å². The van der Waals surface area contributed by atoms with Gasteiger partial charge < -0.3 is 10.2 Å². The lowest BCUT2D eigenvalue weighted by Gasteiger charge is -2.29. The largest absolute Gasteiger partial charge is 0.315 e. The molecule has 130 valence electrons. The Morgan fingerprint density at radius 1 is 1.36 bits per heavy atom. The number of fused-ring (bicyclic) bond motifs is 1. The Labute approximate surface area is 150 Å². The van der Waals surface area contributed by atoms with Gasteiger partial charge in [-0.25, -0.2) is 0 Å². The fourth-order valence-corrected chi connectivity index (χ4v) is 4.94. The Bertz CT molecular complexity index is 806. The smallest absolute Gasteiger partial charge is 0.249 e. The van der Waals surface area contributed by atoms with Crippen LogP contribution in [0, 0.1) is 0 Å². The van der Waals surface area contributed by atoms with Crippen molar-refractivity contribution in [2.75, 3.05) is 11.1 Å². The zero-order valence-corrected chi connectivity index (χ0v) is 14.8. The molecule has 2 aromatic rings. The lowest BCUT2D eigenvalue weighted by atomic mass is 10.2. The van der Waals surface area contributed by atoms with Crippen LogP contribution in [0.15, 0.2) is 42.6 Å². The van der Waals surface area contributed by atoms with Gasteiger partial charge >= 0.3 is 0 Å². The number of hydrogen-bond acceptors (Lipinski definition) is 4. The molecular weight excluding hydrogens is 336 g/mol. The molecule has 0 radical (unpaired) electrons. The molecule has 2 atom stereocenters. The van der Waals surface area contributed by atoms with Crippen LogP contribution in [0.3, 0.4) is 0 Å². The van der Waals surface area contributed by atoms with E-state index in [1.54, 1.807) is 27.4 Å². The lowest BCUT2D eigenvalue weighted by Crippen LogP contribution is -2.48. The number of thioether (sulfide) groups is 1. The number of benzene rings is 1. The van der Waals surface area contributed by atoms with E-state index in [1.165, 1.54) is 0 Å². The van der Waals surface area contributed by atoms with E-state index in [0.29, 0.717) is 24.5 Å². The van der Waals surface area contributed by atoms with Gasteiger partial charge in [0.2, 0.25) is 11.8 Å². The summed E-state index contributed by atoms with van der Waals surface area (Å²) in [5.74, 6) is 1.07. The molecule has 6 nitrogen and oxygen atoms in total. The second kappa shape index (κ2) is 6.22. The Morgan fingerprint density at radius 3 is 2.96 bits per heavy atom. The summed E-state index contributed by atoms with van der Waals surface area (Å²) in [4.78, 5) is 26.3. The van der Waals surface area contributed by atoms with Crippen molar-refractivity contribution in [3.05, 3.63) is 48.2 Å². The fourth-order valence-electron chi connectivity index (χ4n) is 3.51.